The number of aliphatic imine (C=N–C) groups is 1. The Morgan fingerprint density at radius 3 is 2.39 bits per heavy atom. The third-order valence-corrected chi connectivity index (χ3v) is 4.54. The number of alkyl halides is 3. The van der Waals surface area contributed by atoms with Crippen LogP contribution in [0.5, 0.6) is 0 Å². The molecule has 0 saturated heterocycles. The lowest BCUT2D eigenvalue weighted by atomic mass is 10.1. The molecule has 126 valence electrons. The van der Waals surface area contributed by atoms with Crippen LogP contribution in [0.3, 0.4) is 0 Å². The fourth-order valence-electron chi connectivity index (χ4n) is 1.87. The van der Waals surface area contributed by atoms with Crippen LogP contribution >= 0.6 is 11.8 Å². The van der Waals surface area contributed by atoms with E-state index in [1.165, 1.54) is 11.8 Å². The lowest BCUT2D eigenvalue weighted by Crippen LogP contribution is -2.30. The molecular formula is C15H15F4NO2S. The minimum Gasteiger partial charge on any atom is -0.480 e. The zero-order valence-electron chi connectivity index (χ0n) is 12.0. The van der Waals surface area contributed by atoms with Crippen molar-refractivity contribution in [2.24, 2.45) is 10.9 Å². The minimum absolute atomic E-state index is 0.0212. The molecule has 1 N–H and O–H groups in total. The van der Waals surface area contributed by atoms with Crippen LogP contribution < -0.4 is 0 Å². The van der Waals surface area contributed by atoms with Crippen molar-refractivity contribution in [1.82, 2.24) is 0 Å². The summed E-state index contributed by atoms with van der Waals surface area (Å²) in [5.41, 5.74) is -1.64. The first kappa shape index (κ1) is 17.8. The van der Waals surface area contributed by atoms with Crippen molar-refractivity contribution < 1.29 is 27.5 Å². The maximum Gasteiger partial charge on any atom is 0.433 e. The summed E-state index contributed by atoms with van der Waals surface area (Å²) >= 11 is 1.30. The van der Waals surface area contributed by atoms with Crippen LogP contribution in [0.2, 0.25) is 0 Å². The van der Waals surface area contributed by atoms with E-state index in [2.05, 4.69) is 4.99 Å². The highest BCUT2D eigenvalue weighted by Gasteiger charge is 2.38. The van der Waals surface area contributed by atoms with Crippen LogP contribution in [-0.4, -0.2) is 40.5 Å². The molecule has 2 rings (SSSR count). The third kappa shape index (κ3) is 5.53. The van der Waals surface area contributed by atoms with E-state index in [9.17, 15) is 22.4 Å². The standard InChI is InChI=1S/C15H15F4NO2S/c16-11-5-3-10(4-6-11)13(15(17,18)19)20-12(14(21)22)8-23-7-9-1-2-9/h3-6,9,12H,1-2,7-8H2,(H,21,22)/b20-13-/t12-/m0/s1. The number of nitrogens with zero attached hydrogens (tertiary/aromatic N) is 1. The van der Waals surface area contributed by atoms with Gasteiger partial charge >= 0.3 is 12.1 Å². The second-order valence-electron chi connectivity index (χ2n) is 5.32. The molecule has 0 unspecified atom stereocenters. The summed E-state index contributed by atoms with van der Waals surface area (Å²) < 4.78 is 52.4. The van der Waals surface area contributed by atoms with Gasteiger partial charge in [-0.3, -0.25) is 4.99 Å². The molecule has 1 fully saturated rings. The van der Waals surface area contributed by atoms with Gasteiger partial charge in [0.05, 0.1) is 0 Å². The molecule has 1 aromatic rings. The Balaban J connectivity index is 2.20. The smallest absolute Gasteiger partial charge is 0.433 e. The van der Waals surface area contributed by atoms with Gasteiger partial charge in [-0.1, -0.05) is 0 Å². The molecule has 1 aliphatic rings. The van der Waals surface area contributed by atoms with Crippen LogP contribution in [0.15, 0.2) is 29.3 Å². The molecule has 1 atom stereocenters. The molecule has 0 spiro atoms. The number of carbonyl (C=O) groups is 1. The summed E-state index contributed by atoms with van der Waals surface area (Å²) in [6.07, 6.45) is -2.65. The average Bonchev–Trinajstić information content (AvgIpc) is 3.26. The van der Waals surface area contributed by atoms with Crippen LogP contribution in [0.4, 0.5) is 17.6 Å². The predicted molar refractivity (Wildman–Crippen MR) is 80.5 cm³/mol. The largest absolute Gasteiger partial charge is 0.480 e. The van der Waals surface area contributed by atoms with Gasteiger partial charge in [0, 0.05) is 11.3 Å². The number of carboxylic acids is 1. The average molecular weight is 349 g/mol. The molecular weight excluding hydrogens is 334 g/mol. The maximum atomic E-state index is 13.2. The van der Waals surface area contributed by atoms with E-state index in [1.54, 1.807) is 0 Å². The number of carboxylic acid groups (broad SMARTS) is 1. The second-order valence-corrected chi connectivity index (χ2v) is 6.39. The van der Waals surface area contributed by atoms with E-state index >= 15 is 0 Å². The number of thioether (sulfide) groups is 1. The van der Waals surface area contributed by atoms with Gasteiger partial charge in [-0.2, -0.15) is 24.9 Å². The fourth-order valence-corrected chi connectivity index (χ4v) is 3.11. The number of hydrogen-bond donors (Lipinski definition) is 1. The molecule has 1 aromatic carbocycles. The lowest BCUT2D eigenvalue weighted by molar-refractivity contribution is -0.137. The monoisotopic (exact) mass is 349 g/mol. The molecule has 0 aliphatic heterocycles. The summed E-state index contributed by atoms with van der Waals surface area (Å²) in [5.74, 6) is -0.830. The van der Waals surface area contributed by atoms with Gasteiger partial charge in [0.2, 0.25) is 0 Å². The quantitative estimate of drug-likeness (QED) is 0.602. The van der Waals surface area contributed by atoms with Gasteiger partial charge < -0.3 is 5.11 Å². The fraction of sp³-hybridized carbons (Fsp3) is 0.467. The SMILES string of the molecule is O=C(O)[C@H](CSCC1CC1)/N=C(/c1ccc(F)cc1)C(F)(F)F. The van der Waals surface area contributed by atoms with Gasteiger partial charge in [0.15, 0.2) is 6.04 Å². The molecule has 0 radical (unpaired) electrons. The van der Waals surface area contributed by atoms with Crippen molar-refractivity contribution in [2.45, 2.75) is 25.1 Å². The van der Waals surface area contributed by atoms with Crippen molar-refractivity contribution in [3.63, 3.8) is 0 Å². The number of hydrogen-bond acceptors (Lipinski definition) is 3. The normalized spacial score (nSPS) is 17.1. The minimum atomic E-state index is -4.81. The number of halogens is 4. The van der Waals surface area contributed by atoms with Crippen molar-refractivity contribution >= 4 is 23.4 Å². The summed E-state index contributed by atoms with van der Waals surface area (Å²) in [6, 6.07) is 2.17. The third-order valence-electron chi connectivity index (χ3n) is 3.28. The Labute approximate surface area is 134 Å². The van der Waals surface area contributed by atoms with Gasteiger partial charge in [-0.15, -0.1) is 0 Å². The summed E-state index contributed by atoms with van der Waals surface area (Å²) in [4.78, 5) is 14.6. The summed E-state index contributed by atoms with van der Waals surface area (Å²) in [7, 11) is 0. The number of rotatable bonds is 7. The van der Waals surface area contributed by atoms with E-state index in [4.69, 9.17) is 5.11 Å². The highest BCUT2D eigenvalue weighted by Crippen LogP contribution is 2.33. The van der Waals surface area contributed by atoms with Gasteiger partial charge in [0.1, 0.15) is 11.5 Å². The molecule has 0 aromatic heterocycles. The van der Waals surface area contributed by atoms with Crippen LogP contribution in [0, 0.1) is 11.7 Å². The zero-order chi connectivity index (χ0) is 17.0. The first-order valence-corrected chi connectivity index (χ1v) is 8.14. The molecule has 3 nitrogen and oxygen atoms in total. The Hall–Kier alpha value is -1.57. The molecule has 1 saturated carbocycles. The van der Waals surface area contributed by atoms with E-state index < -0.39 is 29.7 Å². The highest BCUT2D eigenvalue weighted by atomic mass is 32.2. The second kappa shape index (κ2) is 7.33. The highest BCUT2D eigenvalue weighted by molar-refractivity contribution is 7.99. The summed E-state index contributed by atoms with van der Waals surface area (Å²) in [5, 5.41) is 9.11. The van der Waals surface area contributed by atoms with E-state index in [1.807, 2.05) is 0 Å². The molecule has 0 amide bonds. The van der Waals surface area contributed by atoms with Crippen molar-refractivity contribution in [2.75, 3.05) is 11.5 Å². The Bertz CT molecular complexity index is 582. The van der Waals surface area contributed by atoms with Crippen LogP contribution in [0.25, 0.3) is 0 Å². The molecule has 23 heavy (non-hydrogen) atoms. The first-order valence-electron chi connectivity index (χ1n) is 6.99. The predicted octanol–water partition coefficient (Wildman–Crippen LogP) is 3.77. The maximum absolute atomic E-state index is 13.2. The van der Waals surface area contributed by atoms with Crippen molar-refractivity contribution in [3.8, 4) is 0 Å². The number of aliphatic carboxylic acids is 1. The first-order chi connectivity index (χ1) is 10.8. The van der Waals surface area contributed by atoms with Crippen molar-refractivity contribution in [3.05, 3.63) is 35.6 Å². The van der Waals surface area contributed by atoms with E-state index in [0.29, 0.717) is 5.92 Å². The molecule has 1 aliphatic carbocycles. The van der Waals surface area contributed by atoms with Crippen molar-refractivity contribution in [1.29, 1.82) is 0 Å². The molecule has 0 bridgehead atoms. The Morgan fingerprint density at radius 1 is 1.30 bits per heavy atom. The van der Waals surface area contributed by atoms with Gasteiger partial charge in [-0.05, 0) is 48.8 Å². The Morgan fingerprint density at radius 2 is 1.91 bits per heavy atom. The van der Waals surface area contributed by atoms with E-state index in [0.717, 1.165) is 42.9 Å². The van der Waals surface area contributed by atoms with Crippen LogP contribution in [-0.2, 0) is 4.79 Å². The summed E-state index contributed by atoms with van der Waals surface area (Å²) in [6.45, 7) is 0. The van der Waals surface area contributed by atoms with Gasteiger partial charge in [0.25, 0.3) is 0 Å². The van der Waals surface area contributed by atoms with Crippen LogP contribution in [0.1, 0.15) is 18.4 Å². The molecule has 8 heteroatoms. The lowest BCUT2D eigenvalue weighted by Gasteiger charge is -2.14. The zero-order valence-corrected chi connectivity index (χ0v) is 12.8. The number of benzene rings is 1. The van der Waals surface area contributed by atoms with Gasteiger partial charge in [-0.25, -0.2) is 9.18 Å². The topological polar surface area (TPSA) is 49.7 Å². The van der Waals surface area contributed by atoms with E-state index in [-0.39, 0.29) is 11.3 Å². The molecule has 0 heterocycles. The Kier molecular flexibility index (Phi) is 5.67.